The SMILES string of the molecule is CNCC1(CN2CCC(CO)CC2)CCC(C)CC1. The van der Waals surface area contributed by atoms with E-state index in [2.05, 4.69) is 24.2 Å². The Labute approximate surface area is 118 Å². The van der Waals surface area contributed by atoms with Crippen molar-refractivity contribution >= 4 is 0 Å². The molecule has 1 saturated carbocycles. The van der Waals surface area contributed by atoms with Crippen molar-refractivity contribution in [1.82, 2.24) is 10.2 Å². The maximum absolute atomic E-state index is 9.23. The van der Waals surface area contributed by atoms with E-state index in [4.69, 9.17) is 0 Å². The molecule has 3 nitrogen and oxygen atoms in total. The fraction of sp³-hybridized carbons (Fsp3) is 1.00. The molecule has 0 atom stereocenters. The van der Waals surface area contributed by atoms with E-state index < -0.39 is 0 Å². The van der Waals surface area contributed by atoms with Gasteiger partial charge in [-0.3, -0.25) is 0 Å². The normalized spacial score (nSPS) is 34.6. The van der Waals surface area contributed by atoms with Gasteiger partial charge in [-0.05, 0) is 63.1 Å². The molecule has 2 N–H and O–H groups in total. The first kappa shape index (κ1) is 15.3. The molecule has 1 aliphatic heterocycles. The van der Waals surface area contributed by atoms with Crippen molar-refractivity contribution in [3.05, 3.63) is 0 Å². The minimum absolute atomic E-state index is 0.382. The summed E-state index contributed by atoms with van der Waals surface area (Å²) in [5.74, 6) is 1.48. The average molecular weight is 268 g/mol. The van der Waals surface area contributed by atoms with Gasteiger partial charge in [-0.15, -0.1) is 0 Å². The highest BCUT2D eigenvalue weighted by molar-refractivity contribution is 4.90. The van der Waals surface area contributed by atoms with Crippen LogP contribution in [0.3, 0.4) is 0 Å². The van der Waals surface area contributed by atoms with Gasteiger partial charge in [0, 0.05) is 19.7 Å². The Morgan fingerprint density at radius 1 is 1.16 bits per heavy atom. The Morgan fingerprint density at radius 2 is 1.79 bits per heavy atom. The molecular formula is C16H32N2O. The summed E-state index contributed by atoms with van der Waals surface area (Å²) >= 11 is 0. The second-order valence-electron chi connectivity index (χ2n) is 7.11. The summed E-state index contributed by atoms with van der Waals surface area (Å²) in [6.07, 6.45) is 7.93. The average Bonchev–Trinajstić information content (AvgIpc) is 2.43. The second kappa shape index (κ2) is 7.05. The monoisotopic (exact) mass is 268 g/mol. The van der Waals surface area contributed by atoms with E-state index in [-0.39, 0.29) is 0 Å². The predicted octanol–water partition coefficient (Wildman–Crippen LogP) is 2.11. The fourth-order valence-corrected chi connectivity index (χ4v) is 3.94. The maximum Gasteiger partial charge on any atom is 0.0460 e. The summed E-state index contributed by atoms with van der Waals surface area (Å²) in [6, 6.07) is 0. The van der Waals surface area contributed by atoms with Crippen LogP contribution < -0.4 is 5.32 Å². The Hall–Kier alpha value is -0.120. The Kier molecular flexibility index (Phi) is 5.67. The lowest BCUT2D eigenvalue weighted by Crippen LogP contribution is -2.47. The number of hydrogen-bond acceptors (Lipinski definition) is 3. The first-order chi connectivity index (χ1) is 9.17. The smallest absolute Gasteiger partial charge is 0.0460 e. The highest BCUT2D eigenvalue weighted by Gasteiger charge is 2.35. The molecule has 0 aromatic heterocycles. The van der Waals surface area contributed by atoms with E-state index in [0.717, 1.165) is 5.92 Å². The van der Waals surface area contributed by atoms with Gasteiger partial charge in [-0.1, -0.05) is 19.8 Å². The molecule has 1 aliphatic carbocycles. The number of aliphatic hydroxyl groups excluding tert-OH is 1. The molecule has 2 fully saturated rings. The van der Waals surface area contributed by atoms with Crippen molar-refractivity contribution in [2.45, 2.75) is 45.4 Å². The van der Waals surface area contributed by atoms with Crippen molar-refractivity contribution in [3.63, 3.8) is 0 Å². The van der Waals surface area contributed by atoms with Crippen molar-refractivity contribution in [3.8, 4) is 0 Å². The van der Waals surface area contributed by atoms with Gasteiger partial charge in [0.05, 0.1) is 0 Å². The number of aliphatic hydroxyl groups is 1. The van der Waals surface area contributed by atoms with Gasteiger partial charge >= 0.3 is 0 Å². The molecule has 0 spiro atoms. The molecule has 112 valence electrons. The Morgan fingerprint density at radius 3 is 2.32 bits per heavy atom. The molecule has 3 heteroatoms. The van der Waals surface area contributed by atoms with Crippen LogP contribution in [0.1, 0.15) is 45.4 Å². The summed E-state index contributed by atoms with van der Waals surface area (Å²) in [4.78, 5) is 2.65. The van der Waals surface area contributed by atoms with E-state index >= 15 is 0 Å². The van der Waals surface area contributed by atoms with Gasteiger partial charge in [0.25, 0.3) is 0 Å². The summed E-state index contributed by atoms with van der Waals surface area (Å²) in [5, 5.41) is 12.7. The van der Waals surface area contributed by atoms with Crippen LogP contribution in [0.15, 0.2) is 0 Å². The van der Waals surface area contributed by atoms with E-state index in [1.807, 2.05) is 0 Å². The van der Waals surface area contributed by atoms with Crippen molar-refractivity contribution in [2.75, 3.05) is 39.8 Å². The molecule has 0 radical (unpaired) electrons. The largest absolute Gasteiger partial charge is 0.396 e. The number of nitrogens with one attached hydrogen (secondary N) is 1. The van der Waals surface area contributed by atoms with Crippen LogP contribution >= 0.6 is 0 Å². The molecule has 0 aromatic rings. The third-order valence-electron chi connectivity index (χ3n) is 5.41. The molecule has 0 amide bonds. The second-order valence-corrected chi connectivity index (χ2v) is 7.11. The first-order valence-electron chi connectivity index (χ1n) is 8.15. The standard InChI is InChI=1S/C16H32N2O/c1-14-3-7-16(8-4-14,12-17-2)13-18-9-5-15(11-19)6-10-18/h14-15,17,19H,3-13H2,1-2H3. The van der Waals surface area contributed by atoms with Gasteiger partial charge in [0.1, 0.15) is 0 Å². The zero-order valence-electron chi connectivity index (χ0n) is 12.8. The van der Waals surface area contributed by atoms with Gasteiger partial charge in [0.2, 0.25) is 0 Å². The molecule has 0 unspecified atom stereocenters. The summed E-state index contributed by atoms with van der Waals surface area (Å²) in [6.45, 7) is 7.58. The maximum atomic E-state index is 9.23. The van der Waals surface area contributed by atoms with E-state index in [0.29, 0.717) is 17.9 Å². The van der Waals surface area contributed by atoms with Crippen molar-refractivity contribution < 1.29 is 5.11 Å². The van der Waals surface area contributed by atoms with E-state index in [1.165, 1.54) is 64.7 Å². The topological polar surface area (TPSA) is 35.5 Å². The van der Waals surface area contributed by atoms with Crippen molar-refractivity contribution in [2.24, 2.45) is 17.3 Å². The minimum Gasteiger partial charge on any atom is -0.396 e. The van der Waals surface area contributed by atoms with Gasteiger partial charge < -0.3 is 15.3 Å². The lowest BCUT2D eigenvalue weighted by Gasteiger charge is -2.44. The van der Waals surface area contributed by atoms with Gasteiger partial charge in [-0.25, -0.2) is 0 Å². The van der Waals surface area contributed by atoms with E-state index in [1.54, 1.807) is 0 Å². The number of hydrogen-bond donors (Lipinski definition) is 2. The zero-order valence-corrected chi connectivity index (χ0v) is 12.8. The van der Waals surface area contributed by atoms with Crippen molar-refractivity contribution in [1.29, 1.82) is 0 Å². The highest BCUT2D eigenvalue weighted by atomic mass is 16.3. The third kappa shape index (κ3) is 4.17. The van der Waals surface area contributed by atoms with Crippen LogP contribution in [-0.2, 0) is 0 Å². The number of nitrogens with zero attached hydrogens (tertiary/aromatic N) is 1. The molecular weight excluding hydrogens is 236 g/mol. The number of piperidine rings is 1. The third-order valence-corrected chi connectivity index (χ3v) is 5.41. The lowest BCUT2D eigenvalue weighted by molar-refractivity contribution is 0.0581. The molecule has 1 saturated heterocycles. The summed E-state index contributed by atoms with van der Waals surface area (Å²) in [7, 11) is 2.10. The van der Waals surface area contributed by atoms with Gasteiger partial charge in [-0.2, -0.15) is 0 Å². The molecule has 2 aliphatic rings. The highest BCUT2D eigenvalue weighted by Crippen LogP contribution is 2.39. The minimum atomic E-state index is 0.382. The fourth-order valence-electron chi connectivity index (χ4n) is 3.94. The van der Waals surface area contributed by atoms with Crippen LogP contribution in [-0.4, -0.2) is 49.8 Å². The van der Waals surface area contributed by atoms with Crippen LogP contribution in [0, 0.1) is 17.3 Å². The zero-order chi connectivity index (χ0) is 13.7. The molecule has 2 rings (SSSR count). The quantitative estimate of drug-likeness (QED) is 0.801. The molecule has 1 heterocycles. The summed E-state index contributed by atoms with van der Waals surface area (Å²) < 4.78 is 0. The number of likely N-dealkylation sites (tertiary alicyclic amines) is 1. The van der Waals surface area contributed by atoms with E-state index in [9.17, 15) is 5.11 Å². The van der Waals surface area contributed by atoms with Crippen LogP contribution in [0.4, 0.5) is 0 Å². The van der Waals surface area contributed by atoms with Crippen LogP contribution in [0.2, 0.25) is 0 Å². The molecule has 0 bridgehead atoms. The lowest BCUT2D eigenvalue weighted by atomic mass is 9.70. The Bertz CT molecular complexity index is 253. The number of rotatable bonds is 5. The first-order valence-corrected chi connectivity index (χ1v) is 8.15. The summed E-state index contributed by atoms with van der Waals surface area (Å²) in [5.41, 5.74) is 0.507. The van der Waals surface area contributed by atoms with Gasteiger partial charge in [0.15, 0.2) is 0 Å². The molecule has 0 aromatic carbocycles. The molecule has 19 heavy (non-hydrogen) atoms. The predicted molar refractivity (Wildman–Crippen MR) is 80.2 cm³/mol. The van der Waals surface area contributed by atoms with Crippen LogP contribution in [0.25, 0.3) is 0 Å². The Balaban J connectivity index is 1.86. The van der Waals surface area contributed by atoms with Crippen LogP contribution in [0.5, 0.6) is 0 Å².